The number of pyridine rings is 1. The van der Waals surface area contributed by atoms with Crippen LogP contribution in [0.25, 0.3) is 11.6 Å². The molecule has 0 saturated carbocycles. The van der Waals surface area contributed by atoms with Crippen molar-refractivity contribution >= 4 is 35.4 Å². The molecule has 2 unspecified atom stereocenters. The summed E-state index contributed by atoms with van der Waals surface area (Å²) in [5, 5.41) is 6.62. The fraction of sp³-hybridized carbons (Fsp3) is 0.419. The molecule has 0 radical (unpaired) electrons. The van der Waals surface area contributed by atoms with Gasteiger partial charge in [-0.25, -0.2) is 14.6 Å². The first-order valence-corrected chi connectivity index (χ1v) is 14.6. The summed E-state index contributed by atoms with van der Waals surface area (Å²) in [6.07, 6.45) is 7.10. The van der Waals surface area contributed by atoms with Crippen LogP contribution in [0.4, 0.5) is 9.59 Å². The lowest BCUT2D eigenvalue weighted by Gasteiger charge is -2.40. The Balaban J connectivity index is 1.58. The molecular formula is C31H38ClN7O3. The van der Waals surface area contributed by atoms with E-state index in [1.54, 1.807) is 17.4 Å². The van der Waals surface area contributed by atoms with E-state index >= 15 is 0 Å². The quantitative estimate of drug-likeness (QED) is 0.431. The van der Waals surface area contributed by atoms with E-state index in [4.69, 9.17) is 21.3 Å². The molecule has 42 heavy (non-hydrogen) atoms. The highest BCUT2D eigenvalue weighted by Gasteiger charge is 2.36. The van der Waals surface area contributed by atoms with Gasteiger partial charge in [-0.15, -0.1) is 0 Å². The van der Waals surface area contributed by atoms with E-state index in [1.807, 2.05) is 75.8 Å². The number of piperazine rings is 1. The Morgan fingerprint density at radius 1 is 1.17 bits per heavy atom. The van der Waals surface area contributed by atoms with Crippen molar-refractivity contribution in [1.29, 1.82) is 0 Å². The number of fused-ring (bicyclic) bond motifs is 2. The van der Waals surface area contributed by atoms with Crippen molar-refractivity contribution in [1.82, 2.24) is 35.0 Å². The Labute approximate surface area is 251 Å². The first-order valence-electron chi connectivity index (χ1n) is 14.2. The fourth-order valence-electron chi connectivity index (χ4n) is 5.59. The second kappa shape index (κ2) is 12.1. The van der Waals surface area contributed by atoms with Gasteiger partial charge in [0.15, 0.2) is 0 Å². The van der Waals surface area contributed by atoms with Gasteiger partial charge in [-0.05, 0) is 74.2 Å². The first kappa shape index (κ1) is 29.6. The van der Waals surface area contributed by atoms with Gasteiger partial charge in [0.25, 0.3) is 0 Å². The van der Waals surface area contributed by atoms with Gasteiger partial charge in [0.2, 0.25) is 0 Å². The highest BCUT2D eigenvalue weighted by atomic mass is 35.5. The lowest BCUT2D eigenvalue weighted by Crippen LogP contribution is -2.51. The number of imidazole rings is 1. The fourth-order valence-corrected chi connectivity index (χ4v) is 5.76. The summed E-state index contributed by atoms with van der Waals surface area (Å²) in [4.78, 5) is 39.0. The van der Waals surface area contributed by atoms with Crippen molar-refractivity contribution in [3.8, 4) is 0 Å². The summed E-state index contributed by atoms with van der Waals surface area (Å²) in [6, 6.07) is 8.88. The Hall–Kier alpha value is -3.89. The molecule has 0 spiro atoms. The Bertz CT molecular complexity index is 1490. The van der Waals surface area contributed by atoms with E-state index in [2.05, 4.69) is 26.6 Å². The van der Waals surface area contributed by atoms with E-state index in [-0.39, 0.29) is 18.2 Å². The third-order valence-electron chi connectivity index (χ3n) is 7.47. The number of benzene rings is 1. The summed E-state index contributed by atoms with van der Waals surface area (Å²) in [5.74, 6) is 0. The van der Waals surface area contributed by atoms with Crippen LogP contribution >= 0.6 is 11.6 Å². The minimum atomic E-state index is -0.550. The van der Waals surface area contributed by atoms with Crippen molar-refractivity contribution in [2.24, 2.45) is 7.05 Å². The number of nitrogens with one attached hydrogen (secondary N) is 2. The predicted molar refractivity (Wildman–Crippen MR) is 163 cm³/mol. The zero-order chi connectivity index (χ0) is 30.0. The van der Waals surface area contributed by atoms with Gasteiger partial charge in [-0.1, -0.05) is 23.7 Å². The molecule has 1 aliphatic carbocycles. The number of rotatable bonds is 5. The number of carbonyl (C=O) groups is 2. The number of amides is 3. The molecule has 10 nitrogen and oxygen atoms in total. The Morgan fingerprint density at radius 2 is 1.93 bits per heavy atom. The predicted octanol–water partition coefficient (Wildman–Crippen LogP) is 5.03. The number of hydrogen-bond donors (Lipinski definition) is 2. The van der Waals surface area contributed by atoms with Gasteiger partial charge in [0, 0.05) is 51.0 Å². The molecule has 3 aromatic rings. The highest BCUT2D eigenvalue weighted by Crippen LogP contribution is 2.44. The van der Waals surface area contributed by atoms with Crippen molar-refractivity contribution in [3.05, 3.63) is 82.2 Å². The number of urea groups is 1. The summed E-state index contributed by atoms with van der Waals surface area (Å²) in [5.41, 5.74) is 4.96. The zero-order valence-electron chi connectivity index (χ0n) is 24.7. The number of aromatic nitrogens is 3. The molecule has 3 heterocycles. The van der Waals surface area contributed by atoms with Gasteiger partial charge in [0.1, 0.15) is 5.60 Å². The molecule has 2 atom stereocenters. The molecule has 1 aliphatic heterocycles. The standard InChI is InChI=1S/C31H38ClN7O3/c1-6-34-29(40)36-27(25-18-33-19-37(25)5)24-16-20-8-7-11-35-26(20)28(22-10-9-21(32)17-23(22)24)38-12-14-39(15-13-38)30(41)42-31(2,3)4/h7-11,16-19,27-28H,6,12-15H2,1-5H3,(H2,34,36,40). The molecule has 11 heteroatoms. The Morgan fingerprint density at radius 3 is 2.60 bits per heavy atom. The second-order valence-corrected chi connectivity index (χ2v) is 12.0. The SMILES string of the molecule is CCNC(=O)NC(C1=Cc2cccnc2C(N2CCN(C(=O)OC(C)(C)C)CC2)c2ccc(Cl)cc21)c1cncn1C. The van der Waals surface area contributed by atoms with E-state index in [0.717, 1.165) is 33.7 Å². The van der Waals surface area contributed by atoms with Crippen LogP contribution in [0.15, 0.2) is 49.1 Å². The second-order valence-electron chi connectivity index (χ2n) is 11.6. The highest BCUT2D eigenvalue weighted by molar-refractivity contribution is 6.30. The largest absolute Gasteiger partial charge is 0.444 e. The molecule has 2 aliphatic rings. The van der Waals surface area contributed by atoms with E-state index in [9.17, 15) is 9.59 Å². The molecule has 3 amide bonds. The first-order chi connectivity index (χ1) is 20.1. The normalized spacial score (nSPS) is 17.8. The molecule has 0 bridgehead atoms. The number of nitrogens with zero attached hydrogens (tertiary/aromatic N) is 5. The van der Waals surface area contributed by atoms with Gasteiger partial charge in [0.05, 0.1) is 36.0 Å². The summed E-state index contributed by atoms with van der Waals surface area (Å²) in [7, 11) is 1.91. The van der Waals surface area contributed by atoms with Crippen LogP contribution in [0.5, 0.6) is 0 Å². The molecule has 2 aromatic heterocycles. The molecule has 5 rings (SSSR count). The average Bonchev–Trinajstić information content (AvgIpc) is 3.31. The molecule has 2 N–H and O–H groups in total. The lowest BCUT2D eigenvalue weighted by molar-refractivity contribution is 0.0118. The number of hydrogen-bond acceptors (Lipinski definition) is 6. The number of ether oxygens (including phenoxy) is 1. The van der Waals surface area contributed by atoms with Crippen LogP contribution in [0.1, 0.15) is 67.9 Å². The van der Waals surface area contributed by atoms with Crippen molar-refractivity contribution in [2.75, 3.05) is 32.7 Å². The van der Waals surface area contributed by atoms with E-state index in [1.165, 1.54) is 0 Å². The van der Waals surface area contributed by atoms with Crippen LogP contribution < -0.4 is 10.6 Å². The summed E-state index contributed by atoms with van der Waals surface area (Å²) >= 11 is 6.63. The topological polar surface area (TPSA) is 105 Å². The number of aryl methyl sites for hydroxylation is 1. The van der Waals surface area contributed by atoms with E-state index in [0.29, 0.717) is 37.7 Å². The summed E-state index contributed by atoms with van der Waals surface area (Å²) < 4.78 is 7.53. The lowest BCUT2D eigenvalue weighted by atomic mass is 9.90. The van der Waals surface area contributed by atoms with Crippen molar-refractivity contribution < 1.29 is 14.3 Å². The minimum Gasteiger partial charge on any atom is -0.444 e. The maximum Gasteiger partial charge on any atom is 0.410 e. The zero-order valence-corrected chi connectivity index (χ0v) is 25.5. The Kier molecular flexibility index (Phi) is 8.56. The van der Waals surface area contributed by atoms with Crippen LogP contribution in [0.3, 0.4) is 0 Å². The third-order valence-corrected chi connectivity index (χ3v) is 7.70. The molecule has 222 valence electrons. The molecular weight excluding hydrogens is 554 g/mol. The van der Waals surface area contributed by atoms with Crippen LogP contribution in [-0.2, 0) is 11.8 Å². The number of halogens is 1. The van der Waals surface area contributed by atoms with Crippen LogP contribution in [0, 0.1) is 0 Å². The molecule has 1 saturated heterocycles. The van der Waals surface area contributed by atoms with Crippen LogP contribution in [0.2, 0.25) is 5.02 Å². The summed E-state index contributed by atoms with van der Waals surface area (Å²) in [6.45, 7) is 10.4. The van der Waals surface area contributed by atoms with Gasteiger partial charge < -0.3 is 24.8 Å². The molecule has 1 aromatic carbocycles. The maximum atomic E-state index is 12.9. The van der Waals surface area contributed by atoms with E-state index < -0.39 is 11.6 Å². The van der Waals surface area contributed by atoms with Crippen molar-refractivity contribution in [3.63, 3.8) is 0 Å². The minimum absolute atomic E-state index is 0.195. The van der Waals surface area contributed by atoms with Gasteiger partial charge in [-0.3, -0.25) is 9.88 Å². The number of carbonyl (C=O) groups excluding carboxylic acids is 2. The van der Waals surface area contributed by atoms with Gasteiger partial charge >= 0.3 is 12.1 Å². The van der Waals surface area contributed by atoms with Crippen molar-refractivity contribution in [2.45, 2.75) is 45.4 Å². The van der Waals surface area contributed by atoms with Crippen LogP contribution in [-0.4, -0.2) is 74.8 Å². The maximum absolute atomic E-state index is 12.9. The smallest absolute Gasteiger partial charge is 0.410 e. The third kappa shape index (κ3) is 6.29. The monoisotopic (exact) mass is 591 g/mol. The van der Waals surface area contributed by atoms with Gasteiger partial charge in [-0.2, -0.15) is 0 Å². The molecule has 1 fully saturated rings. The average molecular weight is 592 g/mol.